The van der Waals surface area contributed by atoms with Gasteiger partial charge in [0, 0.05) is 6.54 Å². The van der Waals surface area contributed by atoms with Gasteiger partial charge in [-0.15, -0.1) is 0 Å². The Morgan fingerprint density at radius 1 is 1.00 bits per heavy atom. The lowest BCUT2D eigenvalue weighted by Gasteiger charge is -2.26. The Kier molecular flexibility index (Phi) is 12.5. The topological polar surface area (TPSA) is 244 Å². The zero-order chi connectivity index (χ0) is 26.5. The van der Waals surface area contributed by atoms with E-state index < -0.39 is 54.3 Å². The number of primary amides is 1. The van der Waals surface area contributed by atoms with Crippen molar-refractivity contribution in [2.75, 3.05) is 13.1 Å². The molecule has 0 spiro atoms. The van der Waals surface area contributed by atoms with Crippen LogP contribution in [0, 0.1) is 5.92 Å². The molecule has 14 heteroatoms. The van der Waals surface area contributed by atoms with E-state index in [1.165, 1.54) is 0 Å². The Morgan fingerprint density at radius 3 is 2.14 bits per heavy atom. The fraction of sp³-hybridized carbons (Fsp3) is 0.714. The standard InChI is InChI=1S/C21H38N8O6/c1-11(2)9-14(19(33)29-15(20(34)35)10-16(22)30)28-18(32)13(6-4-8-26-21(23)24)27-17(31)12-5-3-7-25-12/h11-15,25H,3-10H2,1-2H3,(H2,22,30)(H,27,31)(H,28,32)(H,29,33)(H,34,35)(H4,23,24,26). The summed E-state index contributed by atoms with van der Waals surface area (Å²) >= 11 is 0. The highest BCUT2D eigenvalue weighted by Crippen LogP contribution is 2.10. The third-order valence-corrected chi connectivity index (χ3v) is 5.32. The summed E-state index contributed by atoms with van der Waals surface area (Å²) in [5, 5.41) is 19.9. The minimum atomic E-state index is -1.53. The van der Waals surface area contributed by atoms with Gasteiger partial charge in [0.1, 0.15) is 18.1 Å². The van der Waals surface area contributed by atoms with Gasteiger partial charge in [0.15, 0.2) is 5.96 Å². The van der Waals surface area contributed by atoms with Crippen LogP contribution in [0.5, 0.6) is 0 Å². The second-order valence-corrected chi connectivity index (χ2v) is 8.92. The maximum Gasteiger partial charge on any atom is 0.326 e. The number of amides is 4. The number of nitrogens with zero attached hydrogens (tertiary/aromatic N) is 1. The zero-order valence-electron chi connectivity index (χ0n) is 20.2. The molecule has 198 valence electrons. The maximum atomic E-state index is 13.1. The van der Waals surface area contributed by atoms with E-state index in [0.717, 1.165) is 6.42 Å². The van der Waals surface area contributed by atoms with Crippen LogP contribution >= 0.6 is 0 Å². The Labute approximate surface area is 204 Å². The second kappa shape index (κ2) is 14.8. The van der Waals surface area contributed by atoms with Crippen LogP contribution in [0.15, 0.2) is 4.99 Å². The molecule has 1 aliphatic rings. The van der Waals surface area contributed by atoms with Gasteiger partial charge in [-0.25, -0.2) is 4.79 Å². The van der Waals surface area contributed by atoms with E-state index in [-0.39, 0.29) is 37.2 Å². The van der Waals surface area contributed by atoms with Gasteiger partial charge in [-0.05, 0) is 44.6 Å². The maximum absolute atomic E-state index is 13.1. The molecule has 4 amide bonds. The van der Waals surface area contributed by atoms with Gasteiger partial charge in [0.05, 0.1) is 12.5 Å². The van der Waals surface area contributed by atoms with E-state index >= 15 is 0 Å². The van der Waals surface area contributed by atoms with Crippen LogP contribution in [0.3, 0.4) is 0 Å². The molecule has 4 atom stereocenters. The Hall–Kier alpha value is -3.42. The number of rotatable bonds is 15. The van der Waals surface area contributed by atoms with Crippen LogP contribution in [0.4, 0.5) is 0 Å². The minimum Gasteiger partial charge on any atom is -0.480 e. The summed E-state index contributed by atoms with van der Waals surface area (Å²) in [7, 11) is 0. The third-order valence-electron chi connectivity index (χ3n) is 5.32. The lowest BCUT2D eigenvalue weighted by molar-refractivity contribution is -0.144. The van der Waals surface area contributed by atoms with Crippen LogP contribution in [0.1, 0.15) is 52.4 Å². The largest absolute Gasteiger partial charge is 0.480 e. The molecule has 1 aliphatic heterocycles. The molecule has 4 unspecified atom stereocenters. The van der Waals surface area contributed by atoms with E-state index in [2.05, 4.69) is 26.3 Å². The van der Waals surface area contributed by atoms with Gasteiger partial charge < -0.3 is 43.6 Å². The van der Waals surface area contributed by atoms with E-state index in [9.17, 15) is 29.1 Å². The quantitative estimate of drug-likeness (QED) is 0.0661. The average Bonchev–Trinajstić information content (AvgIpc) is 3.28. The number of guanidine groups is 1. The fourth-order valence-electron chi connectivity index (χ4n) is 3.60. The van der Waals surface area contributed by atoms with E-state index in [1.54, 1.807) is 0 Å². The van der Waals surface area contributed by atoms with Crippen LogP contribution in [0.2, 0.25) is 0 Å². The summed E-state index contributed by atoms with van der Waals surface area (Å²) in [5.41, 5.74) is 15.7. The van der Waals surface area contributed by atoms with Gasteiger partial charge in [-0.1, -0.05) is 13.8 Å². The summed E-state index contributed by atoms with van der Waals surface area (Å²) in [6, 6.07) is -4.01. The summed E-state index contributed by atoms with van der Waals surface area (Å²) < 4.78 is 0. The van der Waals surface area contributed by atoms with Crippen molar-refractivity contribution in [3.8, 4) is 0 Å². The highest BCUT2D eigenvalue weighted by molar-refractivity contribution is 5.95. The molecule has 1 fully saturated rings. The molecule has 0 aromatic rings. The first-order chi connectivity index (χ1) is 16.4. The normalized spacial score (nSPS) is 17.6. The molecule has 11 N–H and O–H groups in total. The molecule has 0 aromatic carbocycles. The van der Waals surface area contributed by atoms with E-state index in [1.807, 2.05) is 13.8 Å². The summed E-state index contributed by atoms with van der Waals surface area (Å²) in [4.78, 5) is 65.0. The van der Waals surface area contributed by atoms with Crippen molar-refractivity contribution in [1.82, 2.24) is 21.3 Å². The molecular weight excluding hydrogens is 460 g/mol. The van der Waals surface area contributed by atoms with Crippen LogP contribution in [-0.2, 0) is 24.0 Å². The van der Waals surface area contributed by atoms with Crippen LogP contribution in [0.25, 0.3) is 0 Å². The Bertz CT molecular complexity index is 793. The van der Waals surface area contributed by atoms with Gasteiger partial charge in [0.2, 0.25) is 23.6 Å². The number of hydrogen-bond donors (Lipinski definition) is 8. The molecule has 0 bridgehead atoms. The summed E-state index contributed by atoms with van der Waals surface area (Å²) in [5.74, 6) is -4.17. The monoisotopic (exact) mass is 498 g/mol. The first-order valence-electron chi connectivity index (χ1n) is 11.6. The van der Waals surface area contributed by atoms with Gasteiger partial charge in [-0.3, -0.25) is 24.2 Å². The van der Waals surface area contributed by atoms with Crippen molar-refractivity contribution in [3.05, 3.63) is 0 Å². The van der Waals surface area contributed by atoms with Crippen molar-refractivity contribution >= 4 is 35.6 Å². The van der Waals surface area contributed by atoms with Crippen molar-refractivity contribution in [3.63, 3.8) is 0 Å². The van der Waals surface area contributed by atoms with Crippen molar-refractivity contribution in [1.29, 1.82) is 0 Å². The molecule has 14 nitrogen and oxygen atoms in total. The molecular formula is C21H38N8O6. The predicted molar refractivity (Wildman–Crippen MR) is 128 cm³/mol. The molecule has 35 heavy (non-hydrogen) atoms. The highest BCUT2D eigenvalue weighted by atomic mass is 16.4. The van der Waals surface area contributed by atoms with E-state index in [4.69, 9.17) is 17.2 Å². The average molecular weight is 499 g/mol. The number of aliphatic imine (C=N–C) groups is 1. The molecule has 1 rings (SSSR count). The number of nitrogens with two attached hydrogens (primary N) is 3. The second-order valence-electron chi connectivity index (χ2n) is 8.92. The molecule has 0 aromatic heterocycles. The van der Waals surface area contributed by atoms with Crippen molar-refractivity contribution < 1.29 is 29.1 Å². The van der Waals surface area contributed by atoms with Gasteiger partial charge in [0.25, 0.3) is 0 Å². The minimum absolute atomic E-state index is 0.0388. The lowest BCUT2D eigenvalue weighted by Crippen LogP contribution is -2.57. The number of carboxylic acid groups (broad SMARTS) is 1. The third kappa shape index (κ3) is 11.5. The van der Waals surface area contributed by atoms with Gasteiger partial charge >= 0.3 is 5.97 Å². The number of carboxylic acids is 1. The number of nitrogens with one attached hydrogen (secondary N) is 4. The molecule has 0 radical (unpaired) electrons. The van der Waals surface area contributed by atoms with E-state index in [0.29, 0.717) is 19.4 Å². The molecule has 0 aliphatic carbocycles. The number of aliphatic carboxylic acids is 1. The van der Waals surface area contributed by atoms with Crippen molar-refractivity contribution in [2.45, 2.75) is 76.5 Å². The first-order valence-corrected chi connectivity index (χ1v) is 11.6. The van der Waals surface area contributed by atoms with Crippen LogP contribution in [-0.4, -0.2) is 77.9 Å². The smallest absolute Gasteiger partial charge is 0.326 e. The SMILES string of the molecule is CC(C)CC(NC(=O)C(CCCN=C(N)N)NC(=O)C1CCCN1)C(=O)NC(CC(N)=O)C(=O)O. The number of hydrogen-bond acceptors (Lipinski definition) is 7. The summed E-state index contributed by atoms with van der Waals surface area (Å²) in [6.45, 7) is 4.59. The molecule has 1 heterocycles. The number of carbonyl (C=O) groups is 5. The predicted octanol–water partition coefficient (Wildman–Crippen LogP) is -2.75. The highest BCUT2D eigenvalue weighted by Gasteiger charge is 2.32. The number of carbonyl (C=O) groups excluding carboxylic acids is 4. The van der Waals surface area contributed by atoms with Crippen molar-refractivity contribution in [2.24, 2.45) is 28.1 Å². The molecule has 1 saturated heterocycles. The first kappa shape index (κ1) is 29.6. The molecule has 0 saturated carbocycles. The zero-order valence-corrected chi connectivity index (χ0v) is 20.2. The summed E-state index contributed by atoms with van der Waals surface area (Å²) in [6.07, 6.45) is 1.67. The Morgan fingerprint density at radius 2 is 1.63 bits per heavy atom. The Balaban J connectivity index is 2.96. The lowest BCUT2D eigenvalue weighted by atomic mass is 10.0. The fourth-order valence-corrected chi connectivity index (χ4v) is 3.60. The van der Waals surface area contributed by atoms with Crippen LogP contribution < -0.4 is 38.5 Å². The van der Waals surface area contributed by atoms with Gasteiger partial charge in [-0.2, -0.15) is 0 Å².